The second-order valence-corrected chi connectivity index (χ2v) is 5.79. The van der Waals surface area contributed by atoms with Crippen molar-refractivity contribution in [2.45, 2.75) is 41.5 Å². The second kappa shape index (κ2) is 12.8. The van der Waals surface area contributed by atoms with Crippen molar-refractivity contribution < 1.29 is 4.74 Å². The number of fused-ring (bicyclic) bond motifs is 2. The summed E-state index contributed by atoms with van der Waals surface area (Å²) in [5.41, 5.74) is 3.06. The molecule has 0 saturated carbocycles. The first-order chi connectivity index (χ1) is 14.6. The molecular formula is C25H30N4O. The Hall–Kier alpha value is -3.52. The molecule has 4 rings (SSSR count). The first kappa shape index (κ1) is 24.5. The van der Waals surface area contributed by atoms with Crippen molar-refractivity contribution in [3.8, 4) is 18.2 Å². The van der Waals surface area contributed by atoms with Gasteiger partial charge in [-0.2, -0.15) is 0 Å². The summed E-state index contributed by atoms with van der Waals surface area (Å²) in [5, 5.41) is 4.26. The van der Waals surface area contributed by atoms with Gasteiger partial charge >= 0.3 is 0 Å². The summed E-state index contributed by atoms with van der Waals surface area (Å²) in [4.78, 5) is 16.3. The molecule has 5 nitrogen and oxygen atoms in total. The number of terminal acetylenes is 1. The van der Waals surface area contributed by atoms with Crippen molar-refractivity contribution >= 4 is 21.5 Å². The Morgan fingerprint density at radius 3 is 1.93 bits per heavy atom. The summed E-state index contributed by atoms with van der Waals surface area (Å²) in [6.07, 6.45) is 17.8. The summed E-state index contributed by atoms with van der Waals surface area (Å²) in [6, 6.07) is 1.92. The molecule has 0 spiro atoms. The molecule has 0 saturated heterocycles. The van der Waals surface area contributed by atoms with E-state index in [2.05, 4.69) is 25.9 Å². The van der Waals surface area contributed by atoms with E-state index in [0.29, 0.717) is 5.88 Å². The molecule has 0 fully saturated rings. The Kier molecular flexibility index (Phi) is 10.5. The van der Waals surface area contributed by atoms with Gasteiger partial charge in [0.1, 0.15) is 0 Å². The van der Waals surface area contributed by atoms with Gasteiger partial charge in [0.25, 0.3) is 0 Å². The van der Waals surface area contributed by atoms with Crippen LogP contribution in [0.25, 0.3) is 21.5 Å². The number of hydrogen-bond acceptors (Lipinski definition) is 5. The molecule has 156 valence electrons. The standard InChI is InChI=1S/C11H8N2.C10H10N2O.2C2H6/c1-3-9-5-13-7-10-6-12-4-8(2)11(9)10;1-7-4-11-5-8-6-12-10(13-2)3-9(7)8;2*1-2/h1,4-7H,2H3;3-6H,1-2H3;2*1-2H3. The first-order valence-electron chi connectivity index (χ1n) is 10.0. The highest BCUT2D eigenvalue weighted by molar-refractivity contribution is 5.89. The van der Waals surface area contributed by atoms with Gasteiger partial charge in [-0.05, 0) is 30.4 Å². The average Bonchev–Trinajstić information content (AvgIpc) is 2.82. The fraction of sp³-hybridized carbons (Fsp3) is 0.280. The SMILES string of the molecule is C#Cc1cncc2cncc(C)c12.CC.CC.COc1cc2c(C)cncc2cn1. The van der Waals surface area contributed by atoms with Crippen molar-refractivity contribution in [2.75, 3.05) is 7.11 Å². The molecule has 0 radical (unpaired) electrons. The van der Waals surface area contributed by atoms with E-state index >= 15 is 0 Å². The highest BCUT2D eigenvalue weighted by Crippen LogP contribution is 2.20. The molecule has 5 heteroatoms. The lowest BCUT2D eigenvalue weighted by atomic mass is 10.1. The Morgan fingerprint density at radius 1 is 0.767 bits per heavy atom. The lowest BCUT2D eigenvalue weighted by Crippen LogP contribution is -1.88. The van der Waals surface area contributed by atoms with Gasteiger partial charge in [-0.1, -0.05) is 33.6 Å². The van der Waals surface area contributed by atoms with Crippen LogP contribution < -0.4 is 4.74 Å². The minimum atomic E-state index is 0.641. The Labute approximate surface area is 179 Å². The normalized spacial score (nSPS) is 9.13. The monoisotopic (exact) mass is 402 g/mol. The minimum Gasteiger partial charge on any atom is -0.481 e. The van der Waals surface area contributed by atoms with Gasteiger partial charge in [-0.15, -0.1) is 6.42 Å². The highest BCUT2D eigenvalue weighted by Gasteiger charge is 2.02. The topological polar surface area (TPSA) is 60.8 Å². The van der Waals surface area contributed by atoms with E-state index in [-0.39, 0.29) is 0 Å². The van der Waals surface area contributed by atoms with Gasteiger partial charge in [0, 0.05) is 65.6 Å². The number of nitrogens with zero attached hydrogens (tertiary/aromatic N) is 4. The number of rotatable bonds is 1. The van der Waals surface area contributed by atoms with E-state index in [9.17, 15) is 0 Å². The first-order valence-corrected chi connectivity index (χ1v) is 10.0. The van der Waals surface area contributed by atoms with Crippen molar-refractivity contribution in [2.24, 2.45) is 0 Å². The molecule has 0 aliphatic carbocycles. The maximum atomic E-state index is 5.37. The van der Waals surface area contributed by atoms with Crippen LogP contribution >= 0.6 is 0 Å². The van der Waals surface area contributed by atoms with Gasteiger partial charge in [0.05, 0.1) is 12.7 Å². The number of pyridine rings is 4. The minimum absolute atomic E-state index is 0.641. The molecule has 4 aromatic rings. The summed E-state index contributed by atoms with van der Waals surface area (Å²) in [7, 11) is 1.62. The lowest BCUT2D eigenvalue weighted by molar-refractivity contribution is 0.398. The molecule has 0 aliphatic rings. The molecule has 0 aliphatic heterocycles. The third-order valence-electron chi connectivity index (χ3n) is 4.03. The third-order valence-corrected chi connectivity index (χ3v) is 4.03. The molecule has 0 amide bonds. The maximum absolute atomic E-state index is 5.37. The van der Waals surface area contributed by atoms with E-state index in [1.807, 2.05) is 60.0 Å². The van der Waals surface area contributed by atoms with Gasteiger partial charge in [0.2, 0.25) is 5.88 Å². The third kappa shape index (κ3) is 5.99. The van der Waals surface area contributed by atoms with E-state index in [1.54, 1.807) is 38.1 Å². The fourth-order valence-corrected chi connectivity index (χ4v) is 2.72. The number of aromatic nitrogens is 4. The highest BCUT2D eigenvalue weighted by atomic mass is 16.5. The van der Waals surface area contributed by atoms with Crippen LogP contribution in [-0.2, 0) is 0 Å². The number of methoxy groups -OCH3 is 1. The summed E-state index contributed by atoms with van der Waals surface area (Å²) in [5.74, 6) is 3.26. The van der Waals surface area contributed by atoms with Gasteiger partial charge < -0.3 is 4.74 Å². The summed E-state index contributed by atoms with van der Waals surface area (Å²) in [6.45, 7) is 12.0. The van der Waals surface area contributed by atoms with Gasteiger partial charge in [0.15, 0.2) is 0 Å². The van der Waals surface area contributed by atoms with E-state index < -0.39 is 0 Å². The van der Waals surface area contributed by atoms with Crippen LogP contribution in [0.4, 0.5) is 0 Å². The predicted molar refractivity (Wildman–Crippen MR) is 126 cm³/mol. The Morgan fingerprint density at radius 2 is 1.33 bits per heavy atom. The van der Waals surface area contributed by atoms with E-state index in [0.717, 1.165) is 38.2 Å². The number of hydrogen-bond donors (Lipinski definition) is 0. The zero-order valence-corrected chi connectivity index (χ0v) is 18.9. The summed E-state index contributed by atoms with van der Waals surface area (Å²) >= 11 is 0. The summed E-state index contributed by atoms with van der Waals surface area (Å²) < 4.78 is 5.05. The zero-order valence-electron chi connectivity index (χ0n) is 18.9. The Bertz CT molecular complexity index is 1110. The fourth-order valence-electron chi connectivity index (χ4n) is 2.72. The molecule has 0 bridgehead atoms. The largest absolute Gasteiger partial charge is 0.481 e. The Balaban J connectivity index is 0.000000258. The molecule has 0 N–H and O–H groups in total. The van der Waals surface area contributed by atoms with Gasteiger partial charge in [-0.3, -0.25) is 15.0 Å². The van der Waals surface area contributed by atoms with Crippen molar-refractivity contribution in [3.63, 3.8) is 0 Å². The van der Waals surface area contributed by atoms with Crippen molar-refractivity contribution in [1.29, 1.82) is 0 Å². The smallest absolute Gasteiger partial charge is 0.213 e. The van der Waals surface area contributed by atoms with Crippen LogP contribution in [0.3, 0.4) is 0 Å². The second-order valence-electron chi connectivity index (χ2n) is 5.79. The molecular weight excluding hydrogens is 372 g/mol. The molecule has 4 heterocycles. The lowest BCUT2D eigenvalue weighted by Gasteiger charge is -2.02. The van der Waals surface area contributed by atoms with Crippen molar-refractivity contribution in [3.05, 3.63) is 66.1 Å². The molecule has 30 heavy (non-hydrogen) atoms. The van der Waals surface area contributed by atoms with Crippen LogP contribution in [0, 0.1) is 26.2 Å². The van der Waals surface area contributed by atoms with E-state index in [4.69, 9.17) is 11.2 Å². The number of aryl methyl sites for hydroxylation is 2. The van der Waals surface area contributed by atoms with Crippen LogP contribution in [0.1, 0.15) is 44.4 Å². The molecule has 4 aromatic heterocycles. The molecule has 0 unspecified atom stereocenters. The quantitative estimate of drug-likeness (QED) is 0.370. The van der Waals surface area contributed by atoms with Crippen LogP contribution in [0.5, 0.6) is 5.88 Å². The van der Waals surface area contributed by atoms with Crippen LogP contribution in [0.15, 0.2) is 49.4 Å². The molecule has 0 atom stereocenters. The predicted octanol–water partition coefficient (Wildman–Crippen LogP) is 5.92. The van der Waals surface area contributed by atoms with Crippen LogP contribution in [0.2, 0.25) is 0 Å². The van der Waals surface area contributed by atoms with E-state index in [1.165, 1.54) is 0 Å². The van der Waals surface area contributed by atoms with Crippen LogP contribution in [-0.4, -0.2) is 27.0 Å². The van der Waals surface area contributed by atoms with Gasteiger partial charge in [-0.25, -0.2) is 4.98 Å². The maximum Gasteiger partial charge on any atom is 0.213 e. The van der Waals surface area contributed by atoms with Crippen molar-refractivity contribution in [1.82, 2.24) is 19.9 Å². The zero-order chi connectivity index (χ0) is 22.5. The molecule has 0 aromatic carbocycles. The number of ether oxygens (including phenoxy) is 1. The average molecular weight is 403 g/mol.